The van der Waals surface area contributed by atoms with E-state index in [9.17, 15) is 9.59 Å². The summed E-state index contributed by atoms with van der Waals surface area (Å²) in [6, 6.07) is 7.22. The number of benzene rings is 1. The highest BCUT2D eigenvalue weighted by Gasteiger charge is 2.21. The lowest BCUT2D eigenvalue weighted by Gasteiger charge is -2.15. The van der Waals surface area contributed by atoms with Gasteiger partial charge in [0.25, 0.3) is 5.91 Å². The molecule has 1 aromatic carbocycles. The van der Waals surface area contributed by atoms with Crippen molar-refractivity contribution in [2.24, 2.45) is 0 Å². The Hall–Kier alpha value is -1.88. The minimum Gasteiger partial charge on any atom is -0.381 e. The molecule has 0 unspecified atom stereocenters. The molecule has 2 amide bonds. The number of nitrogens with zero attached hydrogens (tertiary/aromatic N) is 1. The maximum atomic E-state index is 12.0. The van der Waals surface area contributed by atoms with Crippen molar-refractivity contribution in [3.8, 4) is 0 Å². The van der Waals surface area contributed by atoms with Gasteiger partial charge in [0.05, 0.1) is 0 Å². The van der Waals surface area contributed by atoms with Gasteiger partial charge in [0, 0.05) is 44.0 Å². The van der Waals surface area contributed by atoms with E-state index in [2.05, 4.69) is 12.2 Å². The van der Waals surface area contributed by atoms with Crippen molar-refractivity contribution in [2.75, 3.05) is 31.2 Å². The van der Waals surface area contributed by atoms with Crippen molar-refractivity contribution in [2.45, 2.75) is 39.0 Å². The lowest BCUT2D eigenvalue weighted by molar-refractivity contribution is -0.117. The van der Waals surface area contributed by atoms with E-state index in [-0.39, 0.29) is 11.8 Å². The molecule has 0 spiro atoms. The second-order valence-electron chi connectivity index (χ2n) is 5.77. The van der Waals surface area contributed by atoms with Crippen molar-refractivity contribution < 1.29 is 14.3 Å². The van der Waals surface area contributed by atoms with Crippen molar-refractivity contribution >= 4 is 17.5 Å². The minimum atomic E-state index is -0.0853. The van der Waals surface area contributed by atoms with Crippen LogP contribution in [-0.4, -0.2) is 38.1 Å². The molecule has 1 heterocycles. The Morgan fingerprint density at radius 2 is 1.96 bits per heavy atom. The number of hydrogen-bond donors (Lipinski definition) is 1. The Balaban J connectivity index is 1.71. The van der Waals surface area contributed by atoms with Gasteiger partial charge in [0.15, 0.2) is 0 Å². The number of rotatable bonds is 9. The first-order chi connectivity index (χ1) is 11.2. The minimum absolute atomic E-state index is 0.0853. The van der Waals surface area contributed by atoms with Crippen molar-refractivity contribution in [1.29, 1.82) is 0 Å². The third-order valence-electron chi connectivity index (χ3n) is 3.91. The van der Waals surface area contributed by atoms with Gasteiger partial charge < -0.3 is 15.0 Å². The molecule has 1 aliphatic heterocycles. The van der Waals surface area contributed by atoms with E-state index >= 15 is 0 Å². The van der Waals surface area contributed by atoms with E-state index < -0.39 is 0 Å². The topological polar surface area (TPSA) is 58.6 Å². The third kappa shape index (κ3) is 5.36. The van der Waals surface area contributed by atoms with Crippen LogP contribution in [0.5, 0.6) is 0 Å². The molecule has 126 valence electrons. The highest BCUT2D eigenvalue weighted by Crippen LogP contribution is 2.21. The SMILES string of the molecule is CCCCOCCCNC(=O)c1ccc(N2CCCC2=O)cc1. The Labute approximate surface area is 138 Å². The van der Waals surface area contributed by atoms with Crippen LogP contribution in [0.25, 0.3) is 0 Å². The number of hydrogen-bond acceptors (Lipinski definition) is 3. The van der Waals surface area contributed by atoms with Gasteiger partial charge in [-0.05, 0) is 43.5 Å². The first kappa shape index (κ1) is 17.5. The highest BCUT2D eigenvalue weighted by molar-refractivity contribution is 5.97. The molecule has 0 radical (unpaired) electrons. The molecule has 1 N–H and O–H groups in total. The lowest BCUT2D eigenvalue weighted by atomic mass is 10.2. The summed E-state index contributed by atoms with van der Waals surface area (Å²) in [7, 11) is 0. The molecular weight excluding hydrogens is 292 g/mol. The molecule has 0 saturated carbocycles. The quantitative estimate of drug-likeness (QED) is 0.712. The van der Waals surface area contributed by atoms with E-state index in [4.69, 9.17) is 4.74 Å². The van der Waals surface area contributed by atoms with Gasteiger partial charge in [-0.2, -0.15) is 0 Å². The number of unbranched alkanes of at least 4 members (excludes halogenated alkanes) is 1. The zero-order chi connectivity index (χ0) is 16.5. The van der Waals surface area contributed by atoms with Crippen LogP contribution in [-0.2, 0) is 9.53 Å². The molecule has 1 saturated heterocycles. The zero-order valence-corrected chi connectivity index (χ0v) is 13.8. The third-order valence-corrected chi connectivity index (χ3v) is 3.91. The number of carbonyl (C=O) groups excluding carboxylic acids is 2. The molecule has 0 aromatic heterocycles. The molecule has 2 rings (SSSR count). The fourth-order valence-corrected chi connectivity index (χ4v) is 2.54. The van der Waals surface area contributed by atoms with Crippen LogP contribution < -0.4 is 10.2 Å². The smallest absolute Gasteiger partial charge is 0.251 e. The average Bonchev–Trinajstić information content (AvgIpc) is 3.00. The number of nitrogens with one attached hydrogen (secondary N) is 1. The Morgan fingerprint density at radius 1 is 1.22 bits per heavy atom. The Bertz CT molecular complexity index is 514. The second kappa shape index (κ2) is 9.30. The second-order valence-corrected chi connectivity index (χ2v) is 5.77. The monoisotopic (exact) mass is 318 g/mol. The van der Waals surface area contributed by atoms with E-state index in [1.807, 2.05) is 12.1 Å². The van der Waals surface area contributed by atoms with E-state index in [1.165, 1.54) is 0 Å². The number of carbonyl (C=O) groups is 2. The summed E-state index contributed by atoms with van der Waals surface area (Å²) in [5, 5.41) is 2.89. The molecule has 0 aliphatic carbocycles. The van der Waals surface area contributed by atoms with Crippen LogP contribution in [0.2, 0.25) is 0 Å². The van der Waals surface area contributed by atoms with Crippen LogP contribution in [0.15, 0.2) is 24.3 Å². The molecule has 23 heavy (non-hydrogen) atoms. The summed E-state index contributed by atoms with van der Waals surface area (Å²) < 4.78 is 5.46. The molecule has 0 atom stereocenters. The van der Waals surface area contributed by atoms with Crippen LogP contribution >= 0.6 is 0 Å². The number of anilines is 1. The summed E-state index contributed by atoms with van der Waals surface area (Å²) in [5.74, 6) is 0.0723. The Morgan fingerprint density at radius 3 is 2.61 bits per heavy atom. The van der Waals surface area contributed by atoms with Gasteiger partial charge in [-0.1, -0.05) is 13.3 Å². The molecule has 1 aliphatic rings. The van der Waals surface area contributed by atoms with Crippen LogP contribution in [0, 0.1) is 0 Å². The van der Waals surface area contributed by atoms with Crippen molar-refractivity contribution in [3.05, 3.63) is 29.8 Å². The fraction of sp³-hybridized carbons (Fsp3) is 0.556. The molecule has 5 nitrogen and oxygen atoms in total. The van der Waals surface area contributed by atoms with Gasteiger partial charge in [0.2, 0.25) is 5.91 Å². The standard InChI is InChI=1S/C18H26N2O3/c1-2-3-13-23-14-5-11-19-18(22)15-7-9-16(10-8-15)20-12-4-6-17(20)21/h7-10H,2-6,11-14H2,1H3,(H,19,22). The predicted molar refractivity (Wildman–Crippen MR) is 90.7 cm³/mol. The largest absolute Gasteiger partial charge is 0.381 e. The Kier molecular flexibility index (Phi) is 7.07. The number of amides is 2. The normalized spacial score (nSPS) is 14.3. The molecule has 0 bridgehead atoms. The van der Waals surface area contributed by atoms with Crippen LogP contribution in [0.3, 0.4) is 0 Å². The molecule has 1 aromatic rings. The van der Waals surface area contributed by atoms with Crippen LogP contribution in [0.4, 0.5) is 5.69 Å². The van der Waals surface area contributed by atoms with Crippen LogP contribution in [0.1, 0.15) is 49.4 Å². The van der Waals surface area contributed by atoms with E-state index in [1.54, 1.807) is 17.0 Å². The fourth-order valence-electron chi connectivity index (χ4n) is 2.54. The van der Waals surface area contributed by atoms with Gasteiger partial charge >= 0.3 is 0 Å². The first-order valence-corrected chi connectivity index (χ1v) is 8.48. The highest BCUT2D eigenvalue weighted by atomic mass is 16.5. The van der Waals surface area contributed by atoms with Crippen molar-refractivity contribution in [1.82, 2.24) is 5.32 Å². The predicted octanol–water partition coefficient (Wildman–Crippen LogP) is 2.75. The van der Waals surface area contributed by atoms with E-state index in [0.717, 1.165) is 44.5 Å². The summed E-state index contributed by atoms with van der Waals surface area (Å²) in [5.41, 5.74) is 1.49. The first-order valence-electron chi connectivity index (χ1n) is 8.48. The summed E-state index contributed by atoms with van der Waals surface area (Å²) >= 11 is 0. The maximum absolute atomic E-state index is 12.0. The van der Waals surface area contributed by atoms with Gasteiger partial charge in [-0.3, -0.25) is 9.59 Å². The van der Waals surface area contributed by atoms with Gasteiger partial charge in [-0.15, -0.1) is 0 Å². The molecule has 5 heteroatoms. The average molecular weight is 318 g/mol. The molecule has 1 fully saturated rings. The lowest BCUT2D eigenvalue weighted by Crippen LogP contribution is -2.26. The maximum Gasteiger partial charge on any atom is 0.251 e. The summed E-state index contributed by atoms with van der Waals surface area (Å²) in [6.45, 7) is 4.98. The van der Waals surface area contributed by atoms with Gasteiger partial charge in [-0.25, -0.2) is 0 Å². The van der Waals surface area contributed by atoms with E-state index in [0.29, 0.717) is 25.1 Å². The summed E-state index contributed by atoms with van der Waals surface area (Å²) in [4.78, 5) is 25.5. The summed E-state index contributed by atoms with van der Waals surface area (Å²) in [6.07, 6.45) is 4.55. The number of ether oxygens (including phenoxy) is 1. The zero-order valence-electron chi connectivity index (χ0n) is 13.8. The van der Waals surface area contributed by atoms with Crippen molar-refractivity contribution in [3.63, 3.8) is 0 Å². The molecular formula is C18H26N2O3. The van der Waals surface area contributed by atoms with Gasteiger partial charge in [0.1, 0.15) is 0 Å².